The second-order valence-corrected chi connectivity index (χ2v) is 30.1. The van der Waals surface area contributed by atoms with Crippen LogP contribution in [0.2, 0.25) is 0 Å². The number of para-hydroxylation sites is 2. The van der Waals surface area contributed by atoms with E-state index in [4.69, 9.17) is 20.9 Å². The van der Waals surface area contributed by atoms with E-state index >= 15 is 9.59 Å². The minimum Gasteiger partial charge on any atom is -0.497 e. The number of fused-ring (bicyclic) bond motifs is 2. The number of methoxy groups -OCH3 is 1. The van der Waals surface area contributed by atoms with Crippen molar-refractivity contribution in [1.82, 2.24) is 89.7 Å². The van der Waals surface area contributed by atoms with E-state index in [9.17, 15) is 112 Å². The SMILES string of the molecule is CCCCCCCCNC(=O)NC(Cc1c[nH]c2ccccc12)C(=O)NC(CC(N)=O)C(=O)NC(CC(=O)O)C(=O)NC1C(=O)NCC(=O)NC(CCCNCc2c[nH]c3ccc(OC)cc23)C(=O)NC(CC(=O)O)C(=O)NC(C)C(=O)NC(CC(=O)O)C(=O)NCC(=O)NC(CO)C(=O)NC(C(C)CC(=O)O)C(=O)NC(CC(=O)c2ccccc2N)C(=O)OC1C. The highest BCUT2D eigenvalue weighted by molar-refractivity contribution is 6.05. The number of hydrogen-bond acceptors (Lipinski definition) is 25. The van der Waals surface area contributed by atoms with Gasteiger partial charge in [0.05, 0.1) is 58.9 Å². The first-order chi connectivity index (χ1) is 60.3. The summed E-state index contributed by atoms with van der Waals surface area (Å²) >= 11 is 0. The van der Waals surface area contributed by atoms with Gasteiger partial charge in [-0.25, -0.2) is 9.59 Å². The number of nitrogens with two attached hydrogens (primary N) is 2. The zero-order valence-electron chi connectivity index (χ0n) is 70.2. The number of primary amides is 1. The number of aromatic amines is 2. The van der Waals surface area contributed by atoms with Crippen LogP contribution in [0, 0.1) is 5.92 Å². The number of unbranched alkanes of at least 4 members (excludes halogenated alkanes) is 5. The largest absolute Gasteiger partial charge is 0.497 e. The lowest BCUT2D eigenvalue weighted by molar-refractivity contribution is -0.156. The molecule has 0 bridgehead atoms. The Labute approximate surface area is 725 Å². The molecule has 13 unspecified atom stereocenters. The molecule has 1 aliphatic heterocycles. The topological polar surface area (TPSA) is 725 Å². The number of carboxylic acids is 4. The van der Waals surface area contributed by atoms with Gasteiger partial charge in [-0.2, -0.15) is 0 Å². The minimum atomic E-state index is -2.48. The number of nitrogens with one attached hydrogen (secondary N) is 17. The summed E-state index contributed by atoms with van der Waals surface area (Å²) in [6.07, 6.45) is -1.45. The van der Waals surface area contributed by atoms with Crippen LogP contribution in [0.15, 0.2) is 79.1 Å². The van der Waals surface area contributed by atoms with Crippen LogP contribution in [0.3, 0.4) is 0 Å². The Morgan fingerprint density at radius 3 is 1.75 bits per heavy atom. The lowest BCUT2D eigenvalue weighted by atomic mass is 9.96. The molecule has 13 atom stereocenters. The smallest absolute Gasteiger partial charge is 0.329 e. The van der Waals surface area contributed by atoms with Gasteiger partial charge in [0, 0.05) is 71.4 Å². The van der Waals surface area contributed by atoms with E-state index in [1.165, 1.54) is 31.4 Å². The van der Waals surface area contributed by atoms with Crippen LogP contribution in [0.4, 0.5) is 10.5 Å². The predicted octanol–water partition coefficient (Wildman–Crippen LogP) is -3.90. The number of carboxylic acid groups (broad SMARTS) is 4. The zero-order valence-corrected chi connectivity index (χ0v) is 70.2. The summed E-state index contributed by atoms with van der Waals surface area (Å²) < 4.78 is 11.1. The van der Waals surface area contributed by atoms with Crippen molar-refractivity contribution in [3.8, 4) is 5.75 Å². The number of benzene rings is 3. The quantitative estimate of drug-likeness (QED) is 0.00777. The number of rotatable bonds is 38. The molecular formula is C81H109N19O27. The Bertz CT molecular complexity index is 4820. The van der Waals surface area contributed by atoms with Crippen LogP contribution in [-0.2, 0) is 104 Å². The van der Waals surface area contributed by atoms with Crippen LogP contribution in [0.25, 0.3) is 21.8 Å². The molecule has 0 radical (unpaired) electrons. The number of aliphatic carboxylic acids is 4. The summed E-state index contributed by atoms with van der Waals surface area (Å²) in [7, 11) is 1.47. The van der Waals surface area contributed by atoms with Crippen molar-refractivity contribution in [2.24, 2.45) is 11.7 Å². The van der Waals surface area contributed by atoms with E-state index in [1.54, 1.807) is 54.9 Å². The first-order valence-electron chi connectivity index (χ1n) is 40.7. The molecule has 0 aliphatic carbocycles. The van der Waals surface area contributed by atoms with Crippen molar-refractivity contribution < 1.29 is 131 Å². The van der Waals surface area contributed by atoms with Gasteiger partial charge in [-0.3, -0.25) is 86.3 Å². The number of anilines is 1. The van der Waals surface area contributed by atoms with E-state index in [2.05, 4.69) is 86.0 Å². The first-order valence-corrected chi connectivity index (χ1v) is 40.7. The molecule has 3 heterocycles. The number of aliphatic hydroxyl groups is 1. The van der Waals surface area contributed by atoms with E-state index in [0.29, 0.717) is 28.6 Å². The molecule has 3 aromatic carbocycles. The molecule has 1 aliphatic rings. The average Bonchev–Trinajstić information content (AvgIpc) is 1.68. The number of esters is 1. The number of urea groups is 1. The van der Waals surface area contributed by atoms with Crippen molar-refractivity contribution in [2.75, 3.05) is 45.6 Å². The highest BCUT2D eigenvalue weighted by Gasteiger charge is 2.41. The van der Waals surface area contributed by atoms with Crippen LogP contribution in [0.1, 0.15) is 139 Å². The number of amides is 15. The third-order valence-electron chi connectivity index (χ3n) is 20.1. The number of cyclic esters (lactones) is 1. The van der Waals surface area contributed by atoms with Gasteiger partial charge in [-0.1, -0.05) is 76.3 Å². The Hall–Kier alpha value is -14.3. The van der Waals surface area contributed by atoms with Gasteiger partial charge in [0.15, 0.2) is 5.78 Å². The van der Waals surface area contributed by atoms with Gasteiger partial charge in [-0.05, 0) is 93.1 Å². The van der Waals surface area contributed by atoms with E-state index in [1.807, 2.05) is 10.6 Å². The molecule has 127 heavy (non-hydrogen) atoms. The van der Waals surface area contributed by atoms with Gasteiger partial charge in [-0.15, -0.1) is 0 Å². The van der Waals surface area contributed by atoms with Crippen molar-refractivity contribution in [1.29, 1.82) is 0 Å². The summed E-state index contributed by atoms with van der Waals surface area (Å²) in [5.41, 5.74) is 13.9. The monoisotopic (exact) mass is 1780 g/mol. The Morgan fingerprint density at radius 1 is 0.543 bits per heavy atom. The summed E-state index contributed by atoms with van der Waals surface area (Å²) in [5, 5.41) is 86.2. The Balaban J connectivity index is 1.43. The van der Waals surface area contributed by atoms with Gasteiger partial charge in [0.1, 0.15) is 78.3 Å². The van der Waals surface area contributed by atoms with Crippen molar-refractivity contribution >= 4 is 146 Å². The number of aliphatic hydroxyl groups excluding tert-OH is 1. The molecule has 26 N–H and O–H groups in total. The molecule has 0 spiro atoms. The fraction of sp³-hybridized carbons (Fsp3) is 0.481. The molecule has 5 aromatic rings. The molecule has 15 amide bonds. The number of Topliss-reactive ketones (excluding diaryl/α,β-unsaturated/α-hetero) is 1. The highest BCUT2D eigenvalue weighted by atomic mass is 16.5. The number of hydrogen-bond donors (Lipinski definition) is 24. The van der Waals surface area contributed by atoms with Crippen LogP contribution in [0.5, 0.6) is 5.75 Å². The first kappa shape index (κ1) is 101. The van der Waals surface area contributed by atoms with E-state index in [0.717, 1.165) is 69.3 Å². The number of ether oxygens (including phenoxy) is 2. The van der Waals surface area contributed by atoms with Crippen LogP contribution >= 0.6 is 0 Å². The lowest BCUT2D eigenvalue weighted by Crippen LogP contribution is -2.62. The molecule has 6 rings (SSSR count). The summed E-state index contributed by atoms with van der Waals surface area (Å²) in [5.74, 6) is -28.8. The molecule has 690 valence electrons. The predicted molar refractivity (Wildman–Crippen MR) is 447 cm³/mol. The number of carbonyl (C=O) groups excluding carboxylic acids is 16. The maximum absolute atomic E-state index is 15.0. The molecule has 0 saturated carbocycles. The summed E-state index contributed by atoms with van der Waals surface area (Å²) in [6, 6.07) is -6.42. The number of nitrogen functional groups attached to an aromatic ring is 1. The fourth-order valence-corrected chi connectivity index (χ4v) is 13.3. The molecule has 46 nitrogen and oxygen atoms in total. The number of carbonyl (C=O) groups is 20. The summed E-state index contributed by atoms with van der Waals surface area (Å²) in [4.78, 5) is 283. The third kappa shape index (κ3) is 33.0. The highest BCUT2D eigenvalue weighted by Crippen LogP contribution is 2.25. The lowest BCUT2D eigenvalue weighted by Gasteiger charge is -2.30. The zero-order chi connectivity index (χ0) is 93.7. The second-order valence-electron chi connectivity index (χ2n) is 30.1. The van der Waals surface area contributed by atoms with Crippen molar-refractivity contribution in [3.05, 3.63) is 95.8 Å². The summed E-state index contributed by atoms with van der Waals surface area (Å²) in [6.45, 7) is 1.70. The molecule has 46 heteroatoms. The van der Waals surface area contributed by atoms with Gasteiger partial charge >= 0.3 is 35.9 Å². The van der Waals surface area contributed by atoms with Gasteiger partial charge < -0.3 is 136 Å². The Morgan fingerprint density at radius 2 is 1.11 bits per heavy atom. The van der Waals surface area contributed by atoms with Crippen molar-refractivity contribution in [2.45, 2.75) is 203 Å². The normalized spacial score (nSPS) is 20.3. The van der Waals surface area contributed by atoms with Crippen LogP contribution in [-0.4, -0.2) is 266 Å². The number of ketones is 1. The number of H-pyrrole nitrogens is 2. The second kappa shape index (κ2) is 50.4. The molecule has 1 fully saturated rings. The van der Waals surface area contributed by atoms with E-state index < -0.39 is 255 Å². The minimum absolute atomic E-state index is 0.0346. The standard InChI is InChI=1S/C81H109N19O27/c1-6-7-8-9-10-15-25-85-81(125)98-53(27-43-35-86-50-20-14-12-17-46(43)50)74(118)94-54(30-61(83)103)75(119)96-57(33-67(112)113)76(120)100-69-42(4)127-80(124)58(29-60(102)47-18-11-13-19-49(47)82)97-79(123)68(40(2)26-64(106)107)99-77(121)59(39-101)92-63(105)37-88-71(115)55(31-65(108)109)93-70(114)41(3)90-73(117)56(32-66(110)111)95-72(116)52(91-62(104)38-89-78(69)122)21-16-24-84-34-44-36-87-51-23-22-45(126-5)28-48(44)51/h11-14,17-20,22-23,28,35-36,40-42,52-59,68-69,84,86-87,101H,6-10,15-16,21,24-27,29-34,37-39,82H2,1-5H3,(H2,83,103)(H,88,115)(H,89,122)(H,90,117)(H,91,104)(H,92,105)(H,93,114)(H,94,118)(H,95,116)(H,96,119)(H,97,123)(H,99,121)(H,100,120)(H,106,107)(H,108,109)(H,110,111)(H,112,113)(H2,85,98,125). The Kier molecular flexibility index (Phi) is 40.3. The molecular weight excluding hydrogens is 1670 g/mol. The maximum atomic E-state index is 15.0. The maximum Gasteiger partial charge on any atom is 0.329 e. The average molecular weight is 1780 g/mol. The fourth-order valence-electron chi connectivity index (χ4n) is 13.3. The third-order valence-corrected chi connectivity index (χ3v) is 20.1. The van der Waals surface area contributed by atoms with Crippen LogP contribution < -0.4 is 96.0 Å². The van der Waals surface area contributed by atoms with Gasteiger partial charge in [0.25, 0.3) is 0 Å². The molecule has 1 saturated heterocycles. The number of aromatic nitrogens is 2. The van der Waals surface area contributed by atoms with Crippen molar-refractivity contribution in [3.63, 3.8) is 0 Å². The van der Waals surface area contributed by atoms with E-state index in [-0.39, 0.29) is 50.1 Å². The van der Waals surface area contributed by atoms with Gasteiger partial charge in [0.2, 0.25) is 76.8 Å². The molecule has 2 aromatic heterocycles.